The van der Waals surface area contributed by atoms with Crippen LogP contribution in [0.25, 0.3) is 0 Å². The van der Waals surface area contributed by atoms with Crippen molar-refractivity contribution >= 4 is 27.5 Å². The first-order valence-corrected chi connectivity index (χ1v) is 6.44. The molecule has 0 radical (unpaired) electrons. The number of hydrogen-bond donors (Lipinski definition) is 1. The molecule has 0 fully saturated rings. The second-order valence-corrected chi connectivity index (χ2v) is 5.25. The highest BCUT2D eigenvalue weighted by atomic mass is 79.9. The van der Waals surface area contributed by atoms with E-state index < -0.39 is 6.10 Å². The Morgan fingerprint density at radius 3 is 2.24 bits per heavy atom. The largest absolute Gasteiger partial charge is 0.384 e. The molecule has 2 aromatic carbocycles. The molecule has 1 N–H and O–H groups in total. The Morgan fingerprint density at radius 1 is 1.06 bits per heavy atom. The van der Waals surface area contributed by atoms with Crippen molar-refractivity contribution in [1.29, 1.82) is 0 Å². The zero-order chi connectivity index (χ0) is 12.4. The Bertz CT molecular complexity index is 522. The summed E-state index contributed by atoms with van der Waals surface area (Å²) in [5.74, 6) is 0. The van der Waals surface area contributed by atoms with Crippen LogP contribution in [0.5, 0.6) is 0 Å². The minimum atomic E-state index is -0.612. The van der Waals surface area contributed by atoms with E-state index in [0.29, 0.717) is 5.02 Å². The van der Waals surface area contributed by atoms with Gasteiger partial charge in [0, 0.05) is 9.50 Å². The molecule has 3 heteroatoms. The van der Waals surface area contributed by atoms with Crippen LogP contribution in [0.2, 0.25) is 5.02 Å². The van der Waals surface area contributed by atoms with Crippen LogP contribution in [0.4, 0.5) is 0 Å². The summed E-state index contributed by atoms with van der Waals surface area (Å²) >= 11 is 9.27. The Kier molecular flexibility index (Phi) is 3.87. The van der Waals surface area contributed by atoms with Crippen LogP contribution < -0.4 is 0 Å². The number of aliphatic hydroxyl groups excluding tert-OH is 1. The average molecular weight is 312 g/mol. The van der Waals surface area contributed by atoms with Gasteiger partial charge in [0.15, 0.2) is 0 Å². The molecule has 0 heterocycles. The first-order valence-electron chi connectivity index (χ1n) is 5.27. The molecule has 0 aliphatic heterocycles. The van der Waals surface area contributed by atoms with Gasteiger partial charge in [-0.25, -0.2) is 0 Å². The molecule has 0 bridgehead atoms. The van der Waals surface area contributed by atoms with Gasteiger partial charge >= 0.3 is 0 Å². The molecule has 0 spiro atoms. The number of rotatable bonds is 2. The summed E-state index contributed by atoms with van der Waals surface area (Å²) in [5, 5.41) is 10.9. The van der Waals surface area contributed by atoms with Gasteiger partial charge in [-0.1, -0.05) is 51.8 Å². The van der Waals surface area contributed by atoms with Gasteiger partial charge in [-0.2, -0.15) is 0 Å². The van der Waals surface area contributed by atoms with Gasteiger partial charge in [-0.05, 0) is 41.8 Å². The fraction of sp³-hybridized carbons (Fsp3) is 0.143. The highest BCUT2D eigenvalue weighted by molar-refractivity contribution is 9.10. The van der Waals surface area contributed by atoms with Crippen molar-refractivity contribution in [3.05, 3.63) is 68.7 Å². The molecule has 1 atom stereocenters. The molecule has 88 valence electrons. The molecular weight excluding hydrogens is 300 g/mol. The third kappa shape index (κ3) is 2.89. The third-order valence-corrected chi connectivity index (χ3v) is 3.83. The first-order chi connectivity index (χ1) is 8.08. The molecule has 0 saturated carbocycles. The zero-order valence-electron chi connectivity index (χ0n) is 9.32. The molecule has 17 heavy (non-hydrogen) atoms. The molecule has 2 aromatic rings. The first kappa shape index (κ1) is 12.6. The summed E-state index contributed by atoms with van der Waals surface area (Å²) in [7, 11) is 0. The maximum atomic E-state index is 10.2. The van der Waals surface area contributed by atoms with Gasteiger partial charge in [-0.3, -0.25) is 0 Å². The quantitative estimate of drug-likeness (QED) is 0.866. The van der Waals surface area contributed by atoms with E-state index in [1.54, 1.807) is 12.1 Å². The smallest absolute Gasteiger partial charge is 0.104 e. The molecular formula is C14H12BrClO. The van der Waals surface area contributed by atoms with Gasteiger partial charge in [0.05, 0.1) is 0 Å². The maximum absolute atomic E-state index is 10.2. The highest BCUT2D eigenvalue weighted by Gasteiger charge is 2.10. The Hall–Kier alpha value is -0.830. The molecule has 1 unspecified atom stereocenters. The van der Waals surface area contributed by atoms with Crippen LogP contribution in [0.1, 0.15) is 22.8 Å². The predicted octanol–water partition coefficient (Wildman–Crippen LogP) is 4.49. The van der Waals surface area contributed by atoms with E-state index in [9.17, 15) is 5.11 Å². The van der Waals surface area contributed by atoms with E-state index in [2.05, 4.69) is 15.9 Å². The molecule has 1 nitrogen and oxygen atoms in total. The molecule has 0 amide bonds. The fourth-order valence-electron chi connectivity index (χ4n) is 1.68. The summed E-state index contributed by atoms with van der Waals surface area (Å²) < 4.78 is 1.05. The maximum Gasteiger partial charge on any atom is 0.104 e. The minimum Gasteiger partial charge on any atom is -0.384 e. The second kappa shape index (κ2) is 5.21. The Labute approximate surface area is 114 Å². The van der Waals surface area contributed by atoms with Crippen molar-refractivity contribution in [3.63, 3.8) is 0 Å². The van der Waals surface area contributed by atoms with Crippen LogP contribution in [0, 0.1) is 6.92 Å². The summed E-state index contributed by atoms with van der Waals surface area (Å²) in [6.45, 7) is 2.00. The fourth-order valence-corrected chi connectivity index (χ4v) is 2.05. The lowest BCUT2D eigenvalue weighted by Gasteiger charge is -2.12. The van der Waals surface area contributed by atoms with Crippen molar-refractivity contribution in [2.45, 2.75) is 13.0 Å². The molecule has 2 rings (SSSR count). The van der Waals surface area contributed by atoms with Gasteiger partial charge in [0.2, 0.25) is 0 Å². The normalized spacial score (nSPS) is 12.5. The van der Waals surface area contributed by atoms with Crippen molar-refractivity contribution in [1.82, 2.24) is 0 Å². The lowest BCUT2D eigenvalue weighted by molar-refractivity contribution is 0.220. The summed E-state index contributed by atoms with van der Waals surface area (Å²) in [6.07, 6.45) is -0.612. The summed E-state index contributed by atoms with van der Waals surface area (Å²) in [5.41, 5.74) is 2.83. The van der Waals surface area contributed by atoms with Gasteiger partial charge < -0.3 is 5.11 Å². The van der Waals surface area contributed by atoms with Gasteiger partial charge in [0.25, 0.3) is 0 Å². The molecule has 0 aliphatic rings. The molecule has 0 aromatic heterocycles. The summed E-state index contributed by atoms with van der Waals surface area (Å²) in [4.78, 5) is 0. The average Bonchev–Trinajstić information content (AvgIpc) is 2.33. The number of aliphatic hydroxyl groups is 1. The van der Waals surface area contributed by atoms with E-state index >= 15 is 0 Å². The van der Waals surface area contributed by atoms with E-state index in [1.807, 2.05) is 37.3 Å². The number of aryl methyl sites for hydroxylation is 1. The van der Waals surface area contributed by atoms with Gasteiger partial charge in [-0.15, -0.1) is 0 Å². The van der Waals surface area contributed by atoms with E-state index in [-0.39, 0.29) is 0 Å². The SMILES string of the molecule is Cc1cc(C(O)c2ccc(Cl)cc2)ccc1Br. The topological polar surface area (TPSA) is 20.2 Å². The standard InChI is InChI=1S/C14H12BrClO/c1-9-8-11(4-7-13(9)15)14(17)10-2-5-12(16)6-3-10/h2-8,14,17H,1H3. The minimum absolute atomic E-state index is 0.612. The second-order valence-electron chi connectivity index (χ2n) is 3.96. The van der Waals surface area contributed by atoms with Crippen molar-refractivity contribution in [2.24, 2.45) is 0 Å². The van der Waals surface area contributed by atoms with E-state index in [1.165, 1.54) is 0 Å². The van der Waals surface area contributed by atoms with E-state index in [0.717, 1.165) is 21.2 Å². The van der Waals surface area contributed by atoms with Crippen molar-refractivity contribution in [2.75, 3.05) is 0 Å². The highest BCUT2D eigenvalue weighted by Crippen LogP contribution is 2.26. The third-order valence-electron chi connectivity index (χ3n) is 2.68. The van der Waals surface area contributed by atoms with Crippen molar-refractivity contribution < 1.29 is 5.11 Å². The Morgan fingerprint density at radius 2 is 1.65 bits per heavy atom. The zero-order valence-corrected chi connectivity index (χ0v) is 11.7. The van der Waals surface area contributed by atoms with Crippen LogP contribution in [-0.4, -0.2) is 5.11 Å². The Balaban J connectivity index is 2.33. The molecule has 0 saturated heterocycles. The van der Waals surface area contributed by atoms with E-state index in [4.69, 9.17) is 11.6 Å². The monoisotopic (exact) mass is 310 g/mol. The number of hydrogen-bond acceptors (Lipinski definition) is 1. The predicted molar refractivity (Wildman–Crippen MR) is 74.4 cm³/mol. The van der Waals surface area contributed by atoms with Crippen molar-refractivity contribution in [3.8, 4) is 0 Å². The van der Waals surface area contributed by atoms with Crippen LogP contribution in [-0.2, 0) is 0 Å². The summed E-state index contributed by atoms with van der Waals surface area (Å²) in [6, 6.07) is 13.1. The van der Waals surface area contributed by atoms with Gasteiger partial charge in [0.1, 0.15) is 6.10 Å². The van der Waals surface area contributed by atoms with Crippen LogP contribution in [0.3, 0.4) is 0 Å². The lowest BCUT2D eigenvalue weighted by atomic mass is 10.0. The van der Waals surface area contributed by atoms with Crippen LogP contribution in [0.15, 0.2) is 46.9 Å². The number of benzene rings is 2. The molecule has 0 aliphatic carbocycles. The lowest BCUT2D eigenvalue weighted by Crippen LogP contribution is -1.99. The number of halogens is 2. The van der Waals surface area contributed by atoms with Crippen LogP contribution >= 0.6 is 27.5 Å².